The molecule has 2 N–H and O–H groups in total. The van der Waals surface area contributed by atoms with Gasteiger partial charge in [-0.25, -0.2) is 9.59 Å². The van der Waals surface area contributed by atoms with Gasteiger partial charge in [-0.15, -0.1) is 0 Å². The molecule has 0 saturated carbocycles. The number of hydrogen-bond acceptors (Lipinski definition) is 5. The van der Waals surface area contributed by atoms with Crippen LogP contribution in [-0.4, -0.2) is 55.9 Å². The Morgan fingerprint density at radius 3 is 2.20 bits per heavy atom. The Morgan fingerprint density at radius 2 is 1.63 bits per heavy atom. The third kappa shape index (κ3) is 5.46. The van der Waals surface area contributed by atoms with Gasteiger partial charge in [0.15, 0.2) is 0 Å². The Hall–Kier alpha value is -3.84. The number of aliphatic carboxylic acids is 1. The number of carbonyl (C=O) groups excluding carboxylic acids is 1. The quantitative estimate of drug-likeness (QED) is 0.481. The molecule has 0 bridgehead atoms. The molecule has 0 spiro atoms. The van der Waals surface area contributed by atoms with Crippen molar-refractivity contribution in [2.75, 3.05) is 27.8 Å². The molecule has 7 nitrogen and oxygen atoms in total. The third-order valence-electron chi connectivity index (χ3n) is 6.21. The van der Waals surface area contributed by atoms with Crippen LogP contribution in [0.1, 0.15) is 28.2 Å². The van der Waals surface area contributed by atoms with Crippen molar-refractivity contribution in [1.29, 1.82) is 0 Å². The Balaban J connectivity index is 1.43. The van der Waals surface area contributed by atoms with Gasteiger partial charge in [0, 0.05) is 24.4 Å². The minimum absolute atomic E-state index is 0.0911. The number of methoxy groups -OCH3 is 1. The van der Waals surface area contributed by atoms with Crippen molar-refractivity contribution in [2.24, 2.45) is 0 Å². The normalized spacial score (nSPS) is 13.1. The number of alkyl carbamates (subject to hydrolysis) is 1. The van der Waals surface area contributed by atoms with E-state index in [0.29, 0.717) is 6.54 Å². The van der Waals surface area contributed by atoms with E-state index in [2.05, 4.69) is 17.4 Å². The molecule has 4 rings (SSSR count). The lowest BCUT2D eigenvalue weighted by atomic mass is 9.98. The summed E-state index contributed by atoms with van der Waals surface area (Å²) in [4.78, 5) is 26.5. The number of rotatable bonds is 9. The highest BCUT2D eigenvalue weighted by Gasteiger charge is 2.30. The number of nitrogens with one attached hydrogen (secondary N) is 1. The van der Waals surface area contributed by atoms with Crippen LogP contribution >= 0.6 is 0 Å². The van der Waals surface area contributed by atoms with Gasteiger partial charge in [-0.3, -0.25) is 0 Å². The standard InChI is InChI=1S/C28H30N2O5/c1-30(2)16-19-14-18(12-13-26(19)34-3)15-25(27(31)32)29-28(33)35-17-24-22-10-6-4-8-20(22)21-9-5-7-11-23(21)24/h4-14,24-25H,15-17H2,1-3H3,(H,29,33)(H,31,32). The highest BCUT2D eigenvalue weighted by Crippen LogP contribution is 2.44. The molecule has 3 aromatic rings. The first-order valence-electron chi connectivity index (χ1n) is 11.5. The number of benzene rings is 3. The van der Waals surface area contributed by atoms with E-state index in [4.69, 9.17) is 9.47 Å². The summed E-state index contributed by atoms with van der Waals surface area (Å²) in [5.41, 5.74) is 6.20. The number of ether oxygens (including phenoxy) is 2. The third-order valence-corrected chi connectivity index (χ3v) is 6.21. The molecule has 182 valence electrons. The summed E-state index contributed by atoms with van der Waals surface area (Å²) in [6.45, 7) is 0.774. The van der Waals surface area contributed by atoms with E-state index in [1.54, 1.807) is 7.11 Å². The number of carbonyl (C=O) groups is 2. The highest BCUT2D eigenvalue weighted by molar-refractivity contribution is 5.81. The van der Waals surface area contributed by atoms with Crippen LogP contribution < -0.4 is 10.1 Å². The molecule has 1 amide bonds. The van der Waals surface area contributed by atoms with Crippen molar-refractivity contribution < 1.29 is 24.2 Å². The van der Waals surface area contributed by atoms with Crippen molar-refractivity contribution >= 4 is 12.1 Å². The van der Waals surface area contributed by atoms with E-state index in [-0.39, 0.29) is 18.9 Å². The molecule has 0 saturated heterocycles. The molecule has 0 aliphatic heterocycles. The lowest BCUT2D eigenvalue weighted by Crippen LogP contribution is -2.43. The molecule has 0 radical (unpaired) electrons. The van der Waals surface area contributed by atoms with Gasteiger partial charge >= 0.3 is 12.1 Å². The first-order valence-corrected chi connectivity index (χ1v) is 11.5. The summed E-state index contributed by atoms with van der Waals surface area (Å²) in [5.74, 6) is -0.478. The largest absolute Gasteiger partial charge is 0.496 e. The predicted octanol–water partition coefficient (Wildman–Crippen LogP) is 4.29. The predicted molar refractivity (Wildman–Crippen MR) is 134 cm³/mol. The van der Waals surface area contributed by atoms with E-state index in [1.807, 2.05) is 73.6 Å². The number of hydrogen-bond donors (Lipinski definition) is 2. The average Bonchev–Trinajstić information content (AvgIpc) is 3.16. The van der Waals surface area contributed by atoms with Gasteiger partial charge in [-0.1, -0.05) is 60.7 Å². The fourth-order valence-electron chi connectivity index (χ4n) is 4.64. The van der Waals surface area contributed by atoms with E-state index >= 15 is 0 Å². The van der Waals surface area contributed by atoms with Crippen LogP contribution in [0.25, 0.3) is 11.1 Å². The van der Waals surface area contributed by atoms with Crippen LogP contribution in [0.5, 0.6) is 5.75 Å². The fourth-order valence-corrected chi connectivity index (χ4v) is 4.64. The zero-order chi connectivity index (χ0) is 24.9. The summed E-state index contributed by atoms with van der Waals surface area (Å²) < 4.78 is 10.9. The van der Waals surface area contributed by atoms with Crippen LogP contribution in [-0.2, 0) is 22.5 Å². The smallest absolute Gasteiger partial charge is 0.407 e. The Bertz CT molecular complexity index is 1180. The second-order valence-corrected chi connectivity index (χ2v) is 8.95. The minimum Gasteiger partial charge on any atom is -0.496 e. The van der Waals surface area contributed by atoms with Crippen molar-refractivity contribution in [3.05, 3.63) is 89.0 Å². The van der Waals surface area contributed by atoms with Gasteiger partial charge in [-0.05, 0) is 48.0 Å². The molecule has 1 aliphatic rings. The second-order valence-electron chi connectivity index (χ2n) is 8.95. The molecule has 0 heterocycles. The molecule has 0 aromatic heterocycles. The van der Waals surface area contributed by atoms with Gasteiger partial charge < -0.3 is 24.8 Å². The molecular weight excluding hydrogens is 444 g/mol. The molecule has 3 aromatic carbocycles. The fraction of sp³-hybridized carbons (Fsp3) is 0.286. The first-order chi connectivity index (χ1) is 16.9. The first kappa shape index (κ1) is 24.3. The molecule has 0 fully saturated rings. The molecule has 1 aliphatic carbocycles. The van der Waals surface area contributed by atoms with Crippen LogP contribution in [0.4, 0.5) is 4.79 Å². The van der Waals surface area contributed by atoms with Crippen LogP contribution in [0.15, 0.2) is 66.7 Å². The summed E-state index contributed by atoms with van der Waals surface area (Å²) >= 11 is 0. The molecule has 1 atom stereocenters. The number of amides is 1. The highest BCUT2D eigenvalue weighted by atomic mass is 16.5. The number of nitrogens with zero attached hydrogens (tertiary/aromatic N) is 1. The summed E-state index contributed by atoms with van der Waals surface area (Å²) in [7, 11) is 5.50. The van der Waals surface area contributed by atoms with Crippen LogP contribution in [0.3, 0.4) is 0 Å². The molecule has 7 heteroatoms. The average molecular weight is 475 g/mol. The summed E-state index contributed by atoms with van der Waals surface area (Å²) in [5, 5.41) is 12.3. The number of carboxylic acid groups (broad SMARTS) is 1. The maximum atomic E-state index is 12.6. The topological polar surface area (TPSA) is 88.1 Å². The Morgan fingerprint density at radius 1 is 1.00 bits per heavy atom. The zero-order valence-corrected chi connectivity index (χ0v) is 20.2. The van der Waals surface area contributed by atoms with Gasteiger partial charge in [0.25, 0.3) is 0 Å². The molecule has 1 unspecified atom stereocenters. The maximum Gasteiger partial charge on any atom is 0.407 e. The lowest BCUT2D eigenvalue weighted by molar-refractivity contribution is -0.139. The van der Waals surface area contributed by atoms with Gasteiger partial charge in [0.1, 0.15) is 18.4 Å². The van der Waals surface area contributed by atoms with E-state index in [0.717, 1.165) is 39.1 Å². The van der Waals surface area contributed by atoms with Crippen molar-refractivity contribution in [2.45, 2.75) is 24.9 Å². The Kier molecular flexibility index (Phi) is 7.36. The van der Waals surface area contributed by atoms with Crippen LogP contribution in [0, 0.1) is 0 Å². The van der Waals surface area contributed by atoms with Gasteiger partial charge in [0.2, 0.25) is 0 Å². The van der Waals surface area contributed by atoms with Crippen molar-refractivity contribution in [3.8, 4) is 16.9 Å². The van der Waals surface area contributed by atoms with E-state index in [9.17, 15) is 14.7 Å². The van der Waals surface area contributed by atoms with Gasteiger partial charge in [-0.2, -0.15) is 0 Å². The number of fused-ring (bicyclic) bond motifs is 3. The second kappa shape index (κ2) is 10.6. The molecular formula is C28H30N2O5. The summed E-state index contributed by atoms with van der Waals surface area (Å²) in [6, 6.07) is 20.6. The Labute approximate surface area is 205 Å². The summed E-state index contributed by atoms with van der Waals surface area (Å²) in [6.07, 6.45) is -0.620. The monoisotopic (exact) mass is 474 g/mol. The van der Waals surface area contributed by atoms with Crippen LogP contribution in [0.2, 0.25) is 0 Å². The SMILES string of the molecule is COc1ccc(CC(NC(=O)OCC2c3ccccc3-c3ccccc32)C(=O)O)cc1CN(C)C. The van der Waals surface area contributed by atoms with Gasteiger partial charge in [0.05, 0.1) is 7.11 Å². The van der Waals surface area contributed by atoms with Crippen molar-refractivity contribution in [1.82, 2.24) is 10.2 Å². The zero-order valence-electron chi connectivity index (χ0n) is 20.2. The van der Waals surface area contributed by atoms with Crippen molar-refractivity contribution in [3.63, 3.8) is 0 Å². The van der Waals surface area contributed by atoms with E-state index < -0.39 is 18.1 Å². The molecule has 35 heavy (non-hydrogen) atoms. The maximum absolute atomic E-state index is 12.6. The van der Waals surface area contributed by atoms with E-state index in [1.165, 1.54) is 0 Å². The number of carboxylic acids is 1. The minimum atomic E-state index is -1.12. The lowest BCUT2D eigenvalue weighted by Gasteiger charge is -2.19.